The molecule has 2 saturated heterocycles. The first kappa shape index (κ1) is 20.3. The lowest BCUT2D eigenvalue weighted by Gasteiger charge is -2.41. The van der Waals surface area contributed by atoms with Crippen LogP contribution in [-0.2, 0) is 20.4 Å². The fraction of sp³-hybridized carbons (Fsp3) is 0.722. The molecule has 3 rings (SSSR count). The maximum absolute atomic E-state index is 12.9. The molecule has 9 heteroatoms. The van der Waals surface area contributed by atoms with Gasteiger partial charge in [-0.3, -0.25) is 0 Å². The zero-order chi connectivity index (χ0) is 19.8. The topological polar surface area (TPSA) is 70.0 Å². The number of rotatable bonds is 5. The van der Waals surface area contributed by atoms with E-state index in [1.807, 2.05) is 6.92 Å². The molecule has 2 fully saturated rings. The molecule has 0 bridgehead atoms. The van der Waals surface area contributed by atoms with Gasteiger partial charge in [0.1, 0.15) is 17.9 Å². The Morgan fingerprint density at radius 3 is 2.59 bits per heavy atom. The van der Waals surface area contributed by atoms with Gasteiger partial charge in [0, 0.05) is 12.7 Å². The summed E-state index contributed by atoms with van der Waals surface area (Å²) in [5, 5.41) is 9.15. The molecular formula is C18H24F3NO5. The Hall–Kier alpha value is -1.42. The normalized spacial score (nSPS) is 32.9. The maximum Gasteiger partial charge on any atom is 0.433 e. The average molecular weight is 391 g/mol. The lowest BCUT2D eigenvalue weighted by molar-refractivity contribution is -0.177. The molecule has 2 aliphatic heterocycles. The number of aliphatic hydroxyl groups is 1. The molecule has 0 saturated carbocycles. The molecule has 1 aromatic rings. The van der Waals surface area contributed by atoms with Crippen LogP contribution in [0.1, 0.15) is 39.3 Å². The van der Waals surface area contributed by atoms with E-state index in [0.29, 0.717) is 12.8 Å². The molecule has 0 amide bonds. The average Bonchev–Trinajstić information content (AvgIpc) is 2.91. The van der Waals surface area contributed by atoms with E-state index in [9.17, 15) is 13.2 Å². The van der Waals surface area contributed by atoms with Crippen LogP contribution in [0.3, 0.4) is 0 Å². The van der Waals surface area contributed by atoms with E-state index in [2.05, 4.69) is 4.98 Å². The van der Waals surface area contributed by atoms with Crippen molar-refractivity contribution in [2.24, 2.45) is 0 Å². The van der Waals surface area contributed by atoms with Gasteiger partial charge in [0.05, 0.1) is 12.2 Å². The summed E-state index contributed by atoms with van der Waals surface area (Å²) in [7, 11) is 0. The monoisotopic (exact) mass is 391 g/mol. The minimum Gasteiger partial charge on any atom is -0.469 e. The van der Waals surface area contributed by atoms with Crippen LogP contribution < -0.4 is 4.74 Å². The van der Waals surface area contributed by atoms with Gasteiger partial charge >= 0.3 is 6.18 Å². The third kappa shape index (κ3) is 4.53. The minimum atomic E-state index is -4.56. The summed E-state index contributed by atoms with van der Waals surface area (Å²) in [4.78, 5) is 3.57. The highest BCUT2D eigenvalue weighted by Crippen LogP contribution is 2.40. The quantitative estimate of drug-likeness (QED) is 0.832. The lowest BCUT2D eigenvalue weighted by Crippen LogP contribution is -2.57. The molecule has 5 atom stereocenters. The van der Waals surface area contributed by atoms with Crippen molar-refractivity contribution in [1.29, 1.82) is 0 Å². The van der Waals surface area contributed by atoms with E-state index in [-0.39, 0.29) is 18.6 Å². The van der Waals surface area contributed by atoms with Gasteiger partial charge < -0.3 is 24.1 Å². The molecule has 0 unspecified atom stereocenters. The van der Waals surface area contributed by atoms with Gasteiger partial charge in [0.2, 0.25) is 5.88 Å². The molecule has 152 valence electrons. The summed E-state index contributed by atoms with van der Waals surface area (Å²) < 4.78 is 62.5. The fourth-order valence-corrected chi connectivity index (χ4v) is 3.52. The highest BCUT2D eigenvalue weighted by molar-refractivity contribution is 5.18. The molecule has 1 aromatic heterocycles. The Bertz CT molecular complexity index is 654. The third-order valence-corrected chi connectivity index (χ3v) is 4.62. The van der Waals surface area contributed by atoms with Crippen molar-refractivity contribution in [2.75, 3.05) is 6.61 Å². The number of halogens is 3. The highest BCUT2D eigenvalue weighted by atomic mass is 19.4. The first-order valence-corrected chi connectivity index (χ1v) is 8.93. The van der Waals surface area contributed by atoms with E-state index >= 15 is 0 Å². The largest absolute Gasteiger partial charge is 0.469 e. The van der Waals surface area contributed by atoms with Crippen molar-refractivity contribution in [3.8, 4) is 5.88 Å². The zero-order valence-electron chi connectivity index (χ0n) is 15.4. The SMILES string of the molecule is C[C@H]1O[C@H](CCCO)[C@H](Oc2cccc(C(F)(F)F)n2)[C@H]2OC(C)(C)O[C@H]21. The summed E-state index contributed by atoms with van der Waals surface area (Å²) in [6.45, 7) is 5.35. The summed E-state index contributed by atoms with van der Waals surface area (Å²) in [6, 6.07) is 3.50. The van der Waals surface area contributed by atoms with Crippen LogP contribution in [-0.4, -0.2) is 53.0 Å². The van der Waals surface area contributed by atoms with Gasteiger partial charge in [0.25, 0.3) is 0 Å². The maximum atomic E-state index is 12.9. The first-order valence-electron chi connectivity index (χ1n) is 8.93. The van der Waals surface area contributed by atoms with Crippen molar-refractivity contribution in [1.82, 2.24) is 4.98 Å². The number of nitrogens with zero attached hydrogens (tertiary/aromatic N) is 1. The summed E-state index contributed by atoms with van der Waals surface area (Å²) in [5.74, 6) is -1.02. The van der Waals surface area contributed by atoms with Crippen LogP contribution >= 0.6 is 0 Å². The standard InChI is InChI=1S/C18H24F3NO5/c1-10-14-16(27-17(2,3)26-14)15(11(24-10)6-5-9-23)25-13-8-4-7-12(22-13)18(19,20)21/h4,7-8,10-11,14-16,23H,5-6,9H2,1-3H3/t10-,11-,14+,15+,16+/m1/s1. The minimum absolute atomic E-state index is 0.0281. The molecule has 6 nitrogen and oxygen atoms in total. The van der Waals surface area contributed by atoms with Gasteiger partial charge in [-0.2, -0.15) is 13.2 Å². The molecule has 3 heterocycles. The van der Waals surface area contributed by atoms with E-state index < -0.39 is 42.1 Å². The predicted molar refractivity (Wildman–Crippen MR) is 88.1 cm³/mol. The van der Waals surface area contributed by atoms with Crippen LogP contribution in [0.25, 0.3) is 0 Å². The first-order chi connectivity index (χ1) is 12.6. The Kier molecular flexibility index (Phi) is 5.67. The summed E-state index contributed by atoms with van der Waals surface area (Å²) in [5.41, 5.74) is -1.03. The zero-order valence-corrected chi connectivity index (χ0v) is 15.4. The molecule has 0 aliphatic carbocycles. The van der Waals surface area contributed by atoms with Gasteiger partial charge in [-0.1, -0.05) is 6.07 Å². The Balaban J connectivity index is 1.86. The number of pyridine rings is 1. The van der Waals surface area contributed by atoms with E-state index in [0.717, 1.165) is 6.07 Å². The van der Waals surface area contributed by atoms with E-state index in [1.165, 1.54) is 12.1 Å². The highest BCUT2D eigenvalue weighted by Gasteiger charge is 2.55. The second-order valence-electron chi connectivity index (χ2n) is 7.25. The van der Waals surface area contributed by atoms with Crippen LogP contribution in [0, 0.1) is 0 Å². The molecule has 1 N–H and O–H groups in total. The van der Waals surface area contributed by atoms with Crippen LogP contribution in [0.5, 0.6) is 5.88 Å². The summed E-state index contributed by atoms with van der Waals surface area (Å²) in [6.07, 6.45) is -6.03. The van der Waals surface area contributed by atoms with Crippen molar-refractivity contribution in [3.63, 3.8) is 0 Å². The molecule has 27 heavy (non-hydrogen) atoms. The Morgan fingerprint density at radius 2 is 1.93 bits per heavy atom. The van der Waals surface area contributed by atoms with Crippen LogP contribution in [0.4, 0.5) is 13.2 Å². The number of ether oxygens (including phenoxy) is 4. The second-order valence-corrected chi connectivity index (χ2v) is 7.25. The number of alkyl halides is 3. The second kappa shape index (κ2) is 7.54. The number of aromatic nitrogens is 1. The van der Waals surface area contributed by atoms with Crippen molar-refractivity contribution >= 4 is 0 Å². The Morgan fingerprint density at radius 1 is 1.22 bits per heavy atom. The number of hydrogen-bond acceptors (Lipinski definition) is 6. The van der Waals surface area contributed by atoms with E-state index in [1.54, 1.807) is 13.8 Å². The van der Waals surface area contributed by atoms with E-state index in [4.69, 9.17) is 24.1 Å². The number of aliphatic hydroxyl groups excluding tert-OH is 1. The third-order valence-electron chi connectivity index (χ3n) is 4.62. The lowest BCUT2D eigenvalue weighted by atomic mass is 9.93. The smallest absolute Gasteiger partial charge is 0.433 e. The number of hydrogen-bond donors (Lipinski definition) is 1. The predicted octanol–water partition coefficient (Wildman–Crippen LogP) is 2.93. The van der Waals surface area contributed by atoms with Crippen LogP contribution in [0.2, 0.25) is 0 Å². The molecule has 0 radical (unpaired) electrons. The Labute approximate surface area is 155 Å². The molecular weight excluding hydrogens is 367 g/mol. The molecule has 2 aliphatic rings. The van der Waals surface area contributed by atoms with Crippen molar-refractivity contribution in [3.05, 3.63) is 23.9 Å². The van der Waals surface area contributed by atoms with Crippen molar-refractivity contribution < 1.29 is 37.2 Å². The number of fused-ring (bicyclic) bond motifs is 1. The van der Waals surface area contributed by atoms with Crippen LogP contribution in [0.15, 0.2) is 18.2 Å². The van der Waals surface area contributed by atoms with Gasteiger partial charge in [0.15, 0.2) is 11.9 Å². The fourth-order valence-electron chi connectivity index (χ4n) is 3.52. The van der Waals surface area contributed by atoms with Crippen molar-refractivity contribution in [2.45, 2.75) is 76.1 Å². The van der Waals surface area contributed by atoms with Gasteiger partial charge in [-0.25, -0.2) is 4.98 Å². The summed E-state index contributed by atoms with van der Waals surface area (Å²) >= 11 is 0. The van der Waals surface area contributed by atoms with Gasteiger partial charge in [-0.15, -0.1) is 0 Å². The molecule has 0 spiro atoms. The van der Waals surface area contributed by atoms with Gasteiger partial charge in [-0.05, 0) is 39.7 Å². The molecule has 0 aromatic carbocycles.